The van der Waals surface area contributed by atoms with Crippen molar-refractivity contribution in [3.05, 3.63) is 63.7 Å². The molecule has 2 heterocycles. The highest BCUT2D eigenvalue weighted by atomic mass is 16.6. The summed E-state index contributed by atoms with van der Waals surface area (Å²) < 4.78 is 5.33. The van der Waals surface area contributed by atoms with Crippen LogP contribution in [0.5, 0.6) is 0 Å². The molecule has 0 aliphatic carbocycles. The third kappa shape index (κ3) is 4.03. The number of fused-ring (bicyclic) bond motifs is 1. The number of hydrogen-bond acceptors (Lipinski definition) is 6. The van der Waals surface area contributed by atoms with Crippen LogP contribution in [0, 0.1) is 10.1 Å². The van der Waals surface area contributed by atoms with E-state index in [2.05, 4.69) is 5.32 Å². The lowest BCUT2D eigenvalue weighted by atomic mass is 9.99. The number of anilines is 2. The van der Waals surface area contributed by atoms with E-state index >= 15 is 0 Å². The van der Waals surface area contributed by atoms with Gasteiger partial charge in [-0.2, -0.15) is 0 Å². The standard InChI is InChI=1S/C22H24N4O5/c1-2-23-21(27)15-7-8-19(20(13-15)26(29)30)24-11-9-17(10-12-24)25-18-6-4-3-5-16(18)14-31-22(25)28/h3-8,13,17H,2,9-12,14H2,1H3,(H,23,27). The maximum Gasteiger partial charge on any atom is 0.414 e. The molecule has 4 rings (SSSR count). The zero-order valence-electron chi connectivity index (χ0n) is 17.2. The van der Waals surface area contributed by atoms with Gasteiger partial charge in [-0.1, -0.05) is 18.2 Å². The number of nitro groups is 1. The first-order valence-corrected chi connectivity index (χ1v) is 10.3. The van der Waals surface area contributed by atoms with Gasteiger partial charge in [-0.25, -0.2) is 4.79 Å². The number of piperidine rings is 1. The molecule has 2 aromatic carbocycles. The summed E-state index contributed by atoms with van der Waals surface area (Å²) in [6.45, 7) is 3.62. The molecule has 2 aromatic rings. The van der Waals surface area contributed by atoms with Crippen molar-refractivity contribution in [2.24, 2.45) is 0 Å². The van der Waals surface area contributed by atoms with E-state index in [1.165, 1.54) is 6.07 Å². The summed E-state index contributed by atoms with van der Waals surface area (Å²) in [5.41, 5.74) is 2.50. The van der Waals surface area contributed by atoms with Gasteiger partial charge in [0.05, 0.1) is 10.6 Å². The van der Waals surface area contributed by atoms with Crippen LogP contribution in [-0.4, -0.2) is 42.6 Å². The Morgan fingerprint density at radius 3 is 2.65 bits per heavy atom. The number of benzene rings is 2. The number of amides is 2. The van der Waals surface area contributed by atoms with Crippen LogP contribution in [0.2, 0.25) is 0 Å². The number of cyclic esters (lactones) is 1. The van der Waals surface area contributed by atoms with E-state index in [-0.39, 0.29) is 35.9 Å². The van der Waals surface area contributed by atoms with Gasteiger partial charge in [-0.15, -0.1) is 0 Å². The first kappa shape index (κ1) is 20.6. The Balaban J connectivity index is 1.52. The second-order valence-electron chi connectivity index (χ2n) is 7.59. The minimum Gasteiger partial charge on any atom is -0.444 e. The van der Waals surface area contributed by atoms with Gasteiger partial charge in [-0.05, 0) is 38.0 Å². The first-order chi connectivity index (χ1) is 15.0. The molecule has 0 saturated carbocycles. The van der Waals surface area contributed by atoms with Crippen LogP contribution in [0.15, 0.2) is 42.5 Å². The lowest BCUT2D eigenvalue weighted by Gasteiger charge is -2.40. The fourth-order valence-corrected chi connectivity index (χ4v) is 4.23. The second-order valence-corrected chi connectivity index (χ2v) is 7.59. The van der Waals surface area contributed by atoms with Crippen molar-refractivity contribution in [2.45, 2.75) is 32.4 Å². The van der Waals surface area contributed by atoms with Crippen LogP contribution in [0.1, 0.15) is 35.7 Å². The number of para-hydroxylation sites is 1. The highest BCUT2D eigenvalue weighted by molar-refractivity contribution is 5.95. The summed E-state index contributed by atoms with van der Waals surface area (Å²) in [5.74, 6) is -0.335. The van der Waals surface area contributed by atoms with E-state index in [1.807, 2.05) is 29.2 Å². The average molecular weight is 424 g/mol. The summed E-state index contributed by atoms with van der Waals surface area (Å²) in [6.07, 6.45) is 0.951. The van der Waals surface area contributed by atoms with Gasteiger partial charge in [0, 0.05) is 42.9 Å². The smallest absolute Gasteiger partial charge is 0.414 e. The molecule has 1 N–H and O–H groups in total. The maximum absolute atomic E-state index is 12.5. The summed E-state index contributed by atoms with van der Waals surface area (Å²) in [4.78, 5) is 39.4. The summed E-state index contributed by atoms with van der Waals surface area (Å²) in [7, 11) is 0. The Morgan fingerprint density at radius 1 is 1.19 bits per heavy atom. The quantitative estimate of drug-likeness (QED) is 0.582. The van der Waals surface area contributed by atoms with Crippen molar-refractivity contribution in [1.29, 1.82) is 0 Å². The van der Waals surface area contributed by atoms with Crippen LogP contribution in [0.4, 0.5) is 21.9 Å². The third-order valence-corrected chi connectivity index (χ3v) is 5.74. The SMILES string of the molecule is CCNC(=O)c1ccc(N2CCC(N3C(=O)OCc4ccccc43)CC2)c([N+](=O)[O-])c1. The van der Waals surface area contributed by atoms with Crippen LogP contribution in [-0.2, 0) is 11.3 Å². The Labute approximate surface area is 179 Å². The molecule has 0 radical (unpaired) electrons. The molecule has 9 heteroatoms. The molecule has 0 aromatic heterocycles. The zero-order valence-corrected chi connectivity index (χ0v) is 17.2. The van der Waals surface area contributed by atoms with Crippen molar-refractivity contribution in [3.63, 3.8) is 0 Å². The largest absolute Gasteiger partial charge is 0.444 e. The molecule has 2 aliphatic heterocycles. The van der Waals surface area contributed by atoms with Crippen LogP contribution in [0.25, 0.3) is 0 Å². The van der Waals surface area contributed by atoms with E-state index in [9.17, 15) is 19.7 Å². The van der Waals surface area contributed by atoms with Gasteiger partial charge in [0.1, 0.15) is 12.3 Å². The van der Waals surface area contributed by atoms with Gasteiger partial charge in [0.25, 0.3) is 11.6 Å². The highest BCUT2D eigenvalue weighted by Crippen LogP contribution is 2.35. The van der Waals surface area contributed by atoms with Gasteiger partial charge in [-0.3, -0.25) is 19.8 Å². The van der Waals surface area contributed by atoms with Crippen molar-refractivity contribution in [1.82, 2.24) is 5.32 Å². The molecule has 0 unspecified atom stereocenters. The Morgan fingerprint density at radius 2 is 1.94 bits per heavy atom. The van der Waals surface area contributed by atoms with E-state index in [0.717, 1.165) is 11.3 Å². The summed E-state index contributed by atoms with van der Waals surface area (Å²) in [6, 6.07) is 12.2. The van der Waals surface area contributed by atoms with Crippen LogP contribution < -0.4 is 15.1 Å². The van der Waals surface area contributed by atoms with Gasteiger partial charge in [0.2, 0.25) is 0 Å². The number of hydrogen-bond donors (Lipinski definition) is 1. The van der Waals surface area contributed by atoms with Crippen molar-refractivity contribution in [2.75, 3.05) is 29.4 Å². The lowest BCUT2D eigenvalue weighted by Crippen LogP contribution is -2.49. The molecule has 9 nitrogen and oxygen atoms in total. The molecular formula is C22H24N4O5. The van der Waals surface area contributed by atoms with E-state index in [0.29, 0.717) is 38.2 Å². The van der Waals surface area contributed by atoms with Gasteiger partial charge < -0.3 is 15.0 Å². The average Bonchev–Trinajstić information content (AvgIpc) is 2.79. The molecule has 0 atom stereocenters. The van der Waals surface area contributed by atoms with Crippen molar-refractivity contribution < 1.29 is 19.2 Å². The number of carbonyl (C=O) groups excluding carboxylic acids is 2. The molecule has 0 spiro atoms. The summed E-state index contributed by atoms with van der Waals surface area (Å²) >= 11 is 0. The number of nitrogens with one attached hydrogen (secondary N) is 1. The van der Waals surface area contributed by atoms with Crippen LogP contribution >= 0.6 is 0 Å². The molecule has 2 amide bonds. The monoisotopic (exact) mass is 424 g/mol. The van der Waals surface area contributed by atoms with E-state index < -0.39 is 4.92 Å². The fourth-order valence-electron chi connectivity index (χ4n) is 4.23. The number of ether oxygens (including phenoxy) is 1. The first-order valence-electron chi connectivity index (χ1n) is 10.3. The normalized spacial score (nSPS) is 16.5. The number of nitro benzene ring substituents is 1. The van der Waals surface area contributed by atoms with E-state index in [4.69, 9.17) is 4.74 Å². The Hall–Kier alpha value is -3.62. The number of rotatable bonds is 5. The molecule has 1 saturated heterocycles. The third-order valence-electron chi connectivity index (χ3n) is 5.74. The fraction of sp³-hybridized carbons (Fsp3) is 0.364. The van der Waals surface area contributed by atoms with Crippen molar-refractivity contribution in [3.8, 4) is 0 Å². The van der Waals surface area contributed by atoms with E-state index in [1.54, 1.807) is 24.0 Å². The lowest BCUT2D eigenvalue weighted by molar-refractivity contribution is -0.384. The highest BCUT2D eigenvalue weighted by Gasteiger charge is 2.35. The zero-order chi connectivity index (χ0) is 22.0. The topological polar surface area (TPSA) is 105 Å². The van der Waals surface area contributed by atoms with Gasteiger partial charge in [0.15, 0.2) is 0 Å². The minimum absolute atomic E-state index is 0.0427. The number of nitrogens with zero attached hydrogens (tertiary/aromatic N) is 3. The number of carbonyl (C=O) groups is 2. The molecular weight excluding hydrogens is 400 g/mol. The molecule has 162 valence electrons. The molecule has 31 heavy (non-hydrogen) atoms. The Bertz CT molecular complexity index is 1020. The predicted molar refractivity (Wildman–Crippen MR) is 115 cm³/mol. The predicted octanol–water partition coefficient (Wildman–Crippen LogP) is 3.47. The second kappa shape index (κ2) is 8.63. The maximum atomic E-state index is 12.5. The van der Waals surface area contributed by atoms with Crippen molar-refractivity contribution >= 4 is 29.1 Å². The minimum atomic E-state index is -0.456. The molecule has 0 bridgehead atoms. The molecule has 2 aliphatic rings. The summed E-state index contributed by atoms with van der Waals surface area (Å²) in [5, 5.41) is 14.3. The van der Waals surface area contributed by atoms with Gasteiger partial charge >= 0.3 is 6.09 Å². The molecule has 1 fully saturated rings. The van der Waals surface area contributed by atoms with Crippen LogP contribution in [0.3, 0.4) is 0 Å². The Kier molecular flexibility index (Phi) is 5.75.